The van der Waals surface area contributed by atoms with Crippen molar-refractivity contribution in [3.63, 3.8) is 0 Å². The SMILES string of the molecule is C#CC1(NCCCC)CCC1. The molecule has 1 rings (SSSR count). The molecule has 0 saturated heterocycles. The average Bonchev–Trinajstić information content (AvgIpc) is 1.95. The van der Waals surface area contributed by atoms with Gasteiger partial charge in [0, 0.05) is 0 Å². The number of unbranched alkanes of at least 4 members (excludes halogenated alkanes) is 1. The lowest BCUT2D eigenvalue weighted by Crippen LogP contribution is -2.49. The summed E-state index contributed by atoms with van der Waals surface area (Å²) in [5, 5.41) is 3.45. The Morgan fingerprint density at radius 3 is 2.64 bits per heavy atom. The van der Waals surface area contributed by atoms with Crippen molar-refractivity contribution in [3.8, 4) is 12.3 Å². The van der Waals surface area contributed by atoms with E-state index in [0.29, 0.717) is 0 Å². The molecule has 0 aromatic carbocycles. The van der Waals surface area contributed by atoms with Gasteiger partial charge in [0.05, 0.1) is 5.54 Å². The minimum atomic E-state index is 0.0924. The molecule has 0 aromatic rings. The predicted octanol–water partition coefficient (Wildman–Crippen LogP) is 1.93. The van der Waals surface area contributed by atoms with Crippen molar-refractivity contribution >= 4 is 0 Å². The summed E-state index contributed by atoms with van der Waals surface area (Å²) in [6, 6.07) is 0. The van der Waals surface area contributed by atoms with E-state index in [2.05, 4.69) is 18.2 Å². The molecule has 1 aliphatic rings. The highest BCUT2D eigenvalue weighted by atomic mass is 15.0. The van der Waals surface area contributed by atoms with Crippen LogP contribution in [0.4, 0.5) is 0 Å². The Bertz CT molecular complexity index is 151. The van der Waals surface area contributed by atoms with Crippen LogP contribution in [0.25, 0.3) is 0 Å². The topological polar surface area (TPSA) is 12.0 Å². The summed E-state index contributed by atoms with van der Waals surface area (Å²) in [6.45, 7) is 3.28. The van der Waals surface area contributed by atoms with E-state index in [0.717, 1.165) is 6.54 Å². The van der Waals surface area contributed by atoms with E-state index >= 15 is 0 Å². The molecule has 1 saturated carbocycles. The minimum Gasteiger partial charge on any atom is -0.301 e. The summed E-state index contributed by atoms with van der Waals surface area (Å²) < 4.78 is 0. The Balaban J connectivity index is 2.18. The van der Waals surface area contributed by atoms with E-state index in [1.165, 1.54) is 32.1 Å². The van der Waals surface area contributed by atoms with E-state index in [1.807, 2.05) is 0 Å². The molecule has 0 radical (unpaired) electrons. The third-order valence-electron chi connectivity index (χ3n) is 2.48. The minimum absolute atomic E-state index is 0.0924. The maximum atomic E-state index is 5.44. The Morgan fingerprint density at radius 1 is 1.55 bits per heavy atom. The van der Waals surface area contributed by atoms with Crippen LogP contribution in [-0.4, -0.2) is 12.1 Å². The van der Waals surface area contributed by atoms with Crippen molar-refractivity contribution in [2.45, 2.75) is 44.6 Å². The van der Waals surface area contributed by atoms with Crippen molar-refractivity contribution in [2.24, 2.45) is 0 Å². The number of hydrogen-bond acceptors (Lipinski definition) is 1. The molecule has 1 nitrogen and oxygen atoms in total. The van der Waals surface area contributed by atoms with Gasteiger partial charge in [0.2, 0.25) is 0 Å². The highest BCUT2D eigenvalue weighted by molar-refractivity contribution is 5.17. The standard InChI is InChI=1S/C10H17N/c1-3-5-9-11-10(4-2)7-6-8-10/h2,11H,3,5-9H2,1H3. The fourth-order valence-electron chi connectivity index (χ4n) is 1.41. The van der Waals surface area contributed by atoms with Gasteiger partial charge < -0.3 is 5.32 Å². The van der Waals surface area contributed by atoms with Crippen LogP contribution in [0, 0.1) is 12.3 Å². The number of terminal acetylenes is 1. The largest absolute Gasteiger partial charge is 0.301 e. The first kappa shape index (κ1) is 8.62. The molecule has 0 aromatic heterocycles. The van der Waals surface area contributed by atoms with Crippen LogP contribution in [0.1, 0.15) is 39.0 Å². The highest BCUT2D eigenvalue weighted by Gasteiger charge is 2.33. The first-order valence-corrected chi connectivity index (χ1v) is 4.56. The van der Waals surface area contributed by atoms with Crippen LogP contribution < -0.4 is 5.32 Å². The zero-order valence-electron chi connectivity index (χ0n) is 7.32. The third-order valence-corrected chi connectivity index (χ3v) is 2.48. The number of nitrogens with one attached hydrogen (secondary N) is 1. The molecule has 0 amide bonds. The number of hydrogen-bond donors (Lipinski definition) is 1. The molecule has 11 heavy (non-hydrogen) atoms. The molecular formula is C10H17N. The summed E-state index contributed by atoms with van der Waals surface area (Å²) in [7, 11) is 0. The summed E-state index contributed by atoms with van der Waals surface area (Å²) in [5.74, 6) is 2.86. The van der Waals surface area contributed by atoms with Crippen molar-refractivity contribution < 1.29 is 0 Å². The normalized spacial score (nSPS) is 20.4. The first-order chi connectivity index (χ1) is 5.33. The van der Waals surface area contributed by atoms with Gasteiger partial charge in [0.25, 0.3) is 0 Å². The summed E-state index contributed by atoms with van der Waals surface area (Å²) >= 11 is 0. The van der Waals surface area contributed by atoms with E-state index in [-0.39, 0.29) is 5.54 Å². The average molecular weight is 151 g/mol. The van der Waals surface area contributed by atoms with Crippen molar-refractivity contribution in [2.75, 3.05) is 6.54 Å². The van der Waals surface area contributed by atoms with Gasteiger partial charge in [-0.2, -0.15) is 0 Å². The molecule has 1 aliphatic carbocycles. The van der Waals surface area contributed by atoms with Gasteiger partial charge in [0.15, 0.2) is 0 Å². The smallest absolute Gasteiger partial charge is 0.0798 e. The molecule has 1 N–H and O–H groups in total. The van der Waals surface area contributed by atoms with Gasteiger partial charge in [-0.1, -0.05) is 19.3 Å². The van der Waals surface area contributed by atoms with Gasteiger partial charge in [-0.3, -0.25) is 0 Å². The van der Waals surface area contributed by atoms with E-state index in [4.69, 9.17) is 6.42 Å². The quantitative estimate of drug-likeness (QED) is 0.478. The Kier molecular flexibility index (Phi) is 2.96. The van der Waals surface area contributed by atoms with E-state index in [9.17, 15) is 0 Å². The molecule has 0 unspecified atom stereocenters. The van der Waals surface area contributed by atoms with Crippen LogP contribution in [0.15, 0.2) is 0 Å². The molecule has 0 spiro atoms. The van der Waals surface area contributed by atoms with Crippen LogP contribution in [0.5, 0.6) is 0 Å². The lowest BCUT2D eigenvalue weighted by Gasteiger charge is -2.38. The second-order valence-corrected chi connectivity index (χ2v) is 3.36. The van der Waals surface area contributed by atoms with E-state index < -0.39 is 0 Å². The zero-order chi connectivity index (χ0) is 8.16. The second-order valence-electron chi connectivity index (χ2n) is 3.36. The van der Waals surface area contributed by atoms with Crippen LogP contribution >= 0.6 is 0 Å². The van der Waals surface area contributed by atoms with Crippen LogP contribution in [0.3, 0.4) is 0 Å². The fraction of sp³-hybridized carbons (Fsp3) is 0.800. The zero-order valence-corrected chi connectivity index (χ0v) is 7.32. The van der Waals surface area contributed by atoms with Crippen LogP contribution in [-0.2, 0) is 0 Å². The maximum Gasteiger partial charge on any atom is 0.0798 e. The number of rotatable bonds is 4. The van der Waals surface area contributed by atoms with Gasteiger partial charge in [-0.25, -0.2) is 0 Å². The molecule has 0 heterocycles. The Morgan fingerprint density at radius 2 is 2.27 bits per heavy atom. The van der Waals surface area contributed by atoms with Crippen molar-refractivity contribution in [1.82, 2.24) is 5.32 Å². The summed E-state index contributed by atoms with van der Waals surface area (Å²) in [5.41, 5.74) is 0.0924. The Labute approximate surface area is 69.6 Å². The predicted molar refractivity (Wildman–Crippen MR) is 48.3 cm³/mol. The molecule has 0 aliphatic heterocycles. The highest BCUT2D eigenvalue weighted by Crippen LogP contribution is 2.30. The van der Waals surface area contributed by atoms with Crippen LogP contribution in [0.2, 0.25) is 0 Å². The second kappa shape index (κ2) is 3.78. The fourth-order valence-corrected chi connectivity index (χ4v) is 1.41. The van der Waals surface area contributed by atoms with Gasteiger partial charge in [0.1, 0.15) is 0 Å². The molecule has 1 fully saturated rings. The molecule has 1 heteroatoms. The summed E-state index contributed by atoms with van der Waals surface area (Å²) in [6.07, 6.45) is 11.6. The lowest BCUT2D eigenvalue weighted by atomic mass is 9.77. The monoisotopic (exact) mass is 151 g/mol. The van der Waals surface area contributed by atoms with Gasteiger partial charge >= 0.3 is 0 Å². The third kappa shape index (κ3) is 1.97. The summed E-state index contributed by atoms with van der Waals surface area (Å²) in [4.78, 5) is 0. The first-order valence-electron chi connectivity index (χ1n) is 4.56. The van der Waals surface area contributed by atoms with E-state index in [1.54, 1.807) is 0 Å². The molecule has 0 atom stereocenters. The molecular weight excluding hydrogens is 134 g/mol. The molecule has 0 bridgehead atoms. The Hall–Kier alpha value is -0.480. The van der Waals surface area contributed by atoms with Gasteiger partial charge in [-0.05, 0) is 32.2 Å². The molecule has 62 valence electrons. The van der Waals surface area contributed by atoms with Gasteiger partial charge in [-0.15, -0.1) is 6.42 Å². The van der Waals surface area contributed by atoms with Crippen molar-refractivity contribution in [1.29, 1.82) is 0 Å². The lowest BCUT2D eigenvalue weighted by molar-refractivity contribution is 0.258. The van der Waals surface area contributed by atoms with Crippen molar-refractivity contribution in [3.05, 3.63) is 0 Å². The maximum absolute atomic E-state index is 5.44.